The van der Waals surface area contributed by atoms with E-state index in [-0.39, 0.29) is 40.1 Å². The van der Waals surface area contributed by atoms with Gasteiger partial charge in [-0.05, 0) is 62.0 Å². The largest absolute Gasteiger partial charge is 0.280 e. The van der Waals surface area contributed by atoms with E-state index in [1.807, 2.05) is 0 Å². The fraction of sp³-hybridized carbons (Fsp3) is 0.222. The third kappa shape index (κ3) is 4.16. The molecular formula is C18H19N3O6S2. The normalized spacial score (nSPS) is 15.0. The van der Waals surface area contributed by atoms with E-state index in [9.17, 15) is 26.4 Å². The standard InChI is InChI=1S/C18H19N3O6S2/c1-12-11-15(7-8-16(12)21-17(22)9-10-18(21)23)29(26,27)20-13-3-5-14(6-4-13)28(24,25)19-2/h3-8,11,19-20H,9-10H2,1-2H3. The first kappa shape index (κ1) is 21.0. The zero-order valence-electron chi connectivity index (χ0n) is 15.7. The molecule has 1 aliphatic heterocycles. The van der Waals surface area contributed by atoms with Gasteiger partial charge in [0.25, 0.3) is 10.0 Å². The molecule has 154 valence electrons. The molecular weight excluding hydrogens is 418 g/mol. The molecule has 1 aliphatic rings. The topological polar surface area (TPSA) is 130 Å². The van der Waals surface area contributed by atoms with Crippen molar-refractivity contribution in [3.05, 3.63) is 48.0 Å². The monoisotopic (exact) mass is 437 g/mol. The van der Waals surface area contributed by atoms with Gasteiger partial charge in [-0.25, -0.2) is 21.6 Å². The van der Waals surface area contributed by atoms with Gasteiger partial charge in [-0.2, -0.15) is 0 Å². The van der Waals surface area contributed by atoms with Gasteiger partial charge in [0, 0.05) is 18.5 Å². The zero-order chi connectivity index (χ0) is 21.4. The second kappa shape index (κ2) is 7.58. The predicted octanol–water partition coefficient (Wildman–Crippen LogP) is 1.36. The maximum atomic E-state index is 12.7. The number of nitrogens with one attached hydrogen (secondary N) is 2. The number of carbonyl (C=O) groups excluding carboxylic acids is 2. The molecule has 0 bridgehead atoms. The summed E-state index contributed by atoms with van der Waals surface area (Å²) in [5, 5.41) is 0. The molecule has 1 saturated heterocycles. The summed E-state index contributed by atoms with van der Waals surface area (Å²) in [5.74, 6) is -0.633. The van der Waals surface area contributed by atoms with Crippen LogP contribution in [0.3, 0.4) is 0 Å². The number of rotatable bonds is 6. The summed E-state index contributed by atoms with van der Waals surface area (Å²) in [7, 11) is -6.31. The lowest BCUT2D eigenvalue weighted by Gasteiger charge is -2.17. The number of nitrogens with zero attached hydrogens (tertiary/aromatic N) is 1. The first-order valence-electron chi connectivity index (χ1n) is 8.58. The molecule has 0 spiro atoms. The Morgan fingerprint density at radius 3 is 1.90 bits per heavy atom. The van der Waals surface area contributed by atoms with Gasteiger partial charge >= 0.3 is 0 Å². The van der Waals surface area contributed by atoms with Crippen LogP contribution < -0.4 is 14.3 Å². The van der Waals surface area contributed by atoms with Crippen LogP contribution in [0.25, 0.3) is 0 Å². The molecule has 2 amide bonds. The fourth-order valence-electron chi connectivity index (χ4n) is 2.93. The maximum absolute atomic E-state index is 12.7. The molecule has 1 heterocycles. The highest BCUT2D eigenvalue weighted by Gasteiger charge is 2.31. The van der Waals surface area contributed by atoms with Gasteiger partial charge in [0.05, 0.1) is 15.5 Å². The highest BCUT2D eigenvalue weighted by atomic mass is 32.2. The SMILES string of the molecule is CNS(=O)(=O)c1ccc(NS(=O)(=O)c2ccc(N3C(=O)CCC3=O)c(C)c2)cc1. The Morgan fingerprint density at radius 2 is 1.38 bits per heavy atom. The number of aryl methyl sites for hydroxylation is 1. The van der Waals surface area contributed by atoms with E-state index in [0.29, 0.717) is 11.3 Å². The van der Waals surface area contributed by atoms with Crippen LogP contribution in [0.15, 0.2) is 52.3 Å². The van der Waals surface area contributed by atoms with Gasteiger partial charge < -0.3 is 0 Å². The number of carbonyl (C=O) groups is 2. The summed E-state index contributed by atoms with van der Waals surface area (Å²) >= 11 is 0. The second-order valence-electron chi connectivity index (χ2n) is 6.41. The first-order valence-corrected chi connectivity index (χ1v) is 11.5. The Hall–Kier alpha value is -2.76. The average molecular weight is 437 g/mol. The zero-order valence-corrected chi connectivity index (χ0v) is 17.3. The molecule has 11 heteroatoms. The lowest BCUT2D eigenvalue weighted by atomic mass is 10.2. The Kier molecular flexibility index (Phi) is 5.48. The summed E-state index contributed by atoms with van der Waals surface area (Å²) in [6, 6.07) is 9.34. The van der Waals surface area contributed by atoms with Crippen LogP contribution >= 0.6 is 0 Å². The van der Waals surface area contributed by atoms with Crippen LogP contribution in [0, 0.1) is 6.92 Å². The van der Waals surface area contributed by atoms with Gasteiger partial charge in [-0.15, -0.1) is 0 Å². The van der Waals surface area contributed by atoms with E-state index in [1.165, 1.54) is 49.5 Å². The lowest BCUT2D eigenvalue weighted by molar-refractivity contribution is -0.121. The van der Waals surface area contributed by atoms with E-state index in [1.54, 1.807) is 6.92 Å². The van der Waals surface area contributed by atoms with Crippen LogP contribution in [0.4, 0.5) is 11.4 Å². The van der Waals surface area contributed by atoms with Crippen molar-refractivity contribution in [3.8, 4) is 0 Å². The Bertz CT molecular complexity index is 1170. The molecule has 0 aliphatic carbocycles. The van der Waals surface area contributed by atoms with Gasteiger partial charge in [-0.1, -0.05) is 0 Å². The number of sulfonamides is 2. The van der Waals surface area contributed by atoms with Crippen molar-refractivity contribution in [2.45, 2.75) is 29.6 Å². The Balaban J connectivity index is 1.85. The van der Waals surface area contributed by atoms with Crippen molar-refractivity contribution in [2.24, 2.45) is 0 Å². The quantitative estimate of drug-likeness (QED) is 0.657. The molecule has 2 aromatic carbocycles. The lowest BCUT2D eigenvalue weighted by Crippen LogP contribution is -2.29. The number of benzene rings is 2. The summed E-state index contributed by atoms with van der Waals surface area (Å²) < 4.78 is 53.4. The molecule has 29 heavy (non-hydrogen) atoms. The second-order valence-corrected chi connectivity index (χ2v) is 9.98. The molecule has 2 N–H and O–H groups in total. The molecule has 9 nitrogen and oxygen atoms in total. The predicted molar refractivity (Wildman–Crippen MR) is 106 cm³/mol. The Labute approximate surface area is 168 Å². The van der Waals surface area contributed by atoms with Crippen LogP contribution in [0.1, 0.15) is 18.4 Å². The molecule has 0 unspecified atom stereocenters. The molecule has 0 radical (unpaired) electrons. The highest BCUT2D eigenvalue weighted by molar-refractivity contribution is 7.92. The highest BCUT2D eigenvalue weighted by Crippen LogP contribution is 2.28. The summed E-state index contributed by atoms with van der Waals surface area (Å²) in [6.45, 7) is 1.62. The van der Waals surface area contributed by atoms with E-state index in [4.69, 9.17) is 0 Å². The van der Waals surface area contributed by atoms with Gasteiger partial charge in [0.2, 0.25) is 21.8 Å². The van der Waals surface area contributed by atoms with Crippen molar-refractivity contribution in [1.82, 2.24) is 4.72 Å². The summed E-state index contributed by atoms with van der Waals surface area (Å²) in [4.78, 5) is 24.8. The van der Waals surface area contributed by atoms with Crippen molar-refractivity contribution < 1.29 is 26.4 Å². The minimum atomic E-state index is -3.96. The Morgan fingerprint density at radius 1 is 0.828 bits per heavy atom. The minimum absolute atomic E-state index is 0.00286. The van der Waals surface area contributed by atoms with E-state index in [2.05, 4.69) is 9.44 Å². The van der Waals surface area contributed by atoms with E-state index < -0.39 is 20.0 Å². The summed E-state index contributed by atoms with van der Waals surface area (Å²) in [6.07, 6.45) is 0.276. The molecule has 0 saturated carbocycles. The van der Waals surface area contributed by atoms with E-state index in [0.717, 1.165) is 4.90 Å². The third-order valence-electron chi connectivity index (χ3n) is 4.46. The molecule has 2 aromatic rings. The molecule has 1 fully saturated rings. The van der Waals surface area contributed by atoms with Gasteiger partial charge in [0.15, 0.2) is 0 Å². The van der Waals surface area contributed by atoms with Crippen LogP contribution in [0.2, 0.25) is 0 Å². The number of amides is 2. The smallest absolute Gasteiger partial charge is 0.261 e. The van der Waals surface area contributed by atoms with Crippen molar-refractivity contribution in [3.63, 3.8) is 0 Å². The van der Waals surface area contributed by atoms with Crippen molar-refractivity contribution in [2.75, 3.05) is 16.7 Å². The molecule has 0 aromatic heterocycles. The summed E-state index contributed by atoms with van der Waals surface area (Å²) in [5.41, 5.74) is 1.01. The average Bonchev–Trinajstić information content (AvgIpc) is 3.00. The number of hydrogen-bond acceptors (Lipinski definition) is 6. The van der Waals surface area contributed by atoms with Crippen LogP contribution in [-0.4, -0.2) is 35.7 Å². The van der Waals surface area contributed by atoms with Gasteiger partial charge in [-0.3, -0.25) is 19.2 Å². The minimum Gasteiger partial charge on any atom is -0.280 e. The van der Waals surface area contributed by atoms with Crippen molar-refractivity contribution in [1.29, 1.82) is 0 Å². The molecule has 0 atom stereocenters. The number of imide groups is 1. The van der Waals surface area contributed by atoms with Gasteiger partial charge in [0.1, 0.15) is 0 Å². The number of hydrogen-bond donors (Lipinski definition) is 2. The van der Waals surface area contributed by atoms with E-state index >= 15 is 0 Å². The third-order valence-corrected chi connectivity index (χ3v) is 7.27. The van der Waals surface area contributed by atoms with Crippen molar-refractivity contribution >= 4 is 43.2 Å². The van der Waals surface area contributed by atoms with Crippen LogP contribution in [0.5, 0.6) is 0 Å². The first-order chi connectivity index (χ1) is 13.5. The number of anilines is 2. The maximum Gasteiger partial charge on any atom is 0.261 e. The molecule has 3 rings (SSSR count). The van der Waals surface area contributed by atoms with Crippen LogP contribution in [-0.2, 0) is 29.6 Å². The fourth-order valence-corrected chi connectivity index (χ4v) is 4.80.